The molecule has 0 unspecified atom stereocenters. The van der Waals surface area contributed by atoms with Gasteiger partial charge in [0.05, 0.1) is 18.4 Å². The molecule has 144 valence electrons. The molecule has 1 amide bonds. The van der Waals surface area contributed by atoms with Gasteiger partial charge in [-0.05, 0) is 11.6 Å². The van der Waals surface area contributed by atoms with E-state index in [0.29, 0.717) is 12.3 Å². The van der Waals surface area contributed by atoms with E-state index in [1.165, 1.54) is 11.8 Å². The molecule has 7 nitrogen and oxygen atoms in total. The van der Waals surface area contributed by atoms with Crippen molar-refractivity contribution in [3.63, 3.8) is 0 Å². The summed E-state index contributed by atoms with van der Waals surface area (Å²) in [4.78, 5) is 24.0. The lowest BCUT2D eigenvalue weighted by Crippen LogP contribution is -2.28. The molecule has 2 heterocycles. The molecule has 10 heteroatoms. The molecule has 0 aliphatic carbocycles. The quantitative estimate of drug-likeness (QED) is 0.771. The van der Waals surface area contributed by atoms with Crippen LogP contribution in [-0.2, 0) is 24.1 Å². The summed E-state index contributed by atoms with van der Waals surface area (Å²) in [6.45, 7) is 2.30. The van der Waals surface area contributed by atoms with Crippen molar-refractivity contribution in [2.24, 2.45) is 0 Å². The number of aromatic amines is 1. The number of nitrogens with zero attached hydrogens (tertiary/aromatic N) is 2. The number of carbonyl (C=O) groups excluding carboxylic acids is 1. The Balaban J connectivity index is 1.83. The normalized spacial score (nSPS) is 13.4. The molecule has 2 aromatic rings. The Morgan fingerprint density at radius 3 is 2.85 bits per heavy atom. The largest absolute Gasteiger partial charge is 0.491 e. The fraction of sp³-hybridized carbons (Fsp3) is 0.353. The zero-order valence-corrected chi connectivity index (χ0v) is 14.4. The zero-order valence-electron chi connectivity index (χ0n) is 14.4. The number of benzene rings is 1. The number of fused-ring (bicyclic) bond motifs is 1. The number of ether oxygens (including phenoxy) is 1. The summed E-state index contributed by atoms with van der Waals surface area (Å²) in [5.41, 5.74) is -1.26. The first-order chi connectivity index (χ1) is 12.8. The van der Waals surface area contributed by atoms with Crippen LogP contribution in [0.15, 0.2) is 29.2 Å². The highest BCUT2D eigenvalue weighted by Crippen LogP contribution is 2.38. The van der Waals surface area contributed by atoms with Gasteiger partial charge in [-0.25, -0.2) is 5.10 Å². The lowest BCUT2D eigenvalue weighted by atomic mass is 10.1. The van der Waals surface area contributed by atoms with E-state index >= 15 is 0 Å². The summed E-state index contributed by atoms with van der Waals surface area (Å²) in [7, 11) is 0. The van der Waals surface area contributed by atoms with E-state index in [2.05, 4.69) is 10.4 Å². The fourth-order valence-electron chi connectivity index (χ4n) is 2.99. The first-order valence-electron chi connectivity index (χ1n) is 8.15. The molecule has 1 aromatic heterocycles. The first kappa shape index (κ1) is 18.7. The maximum Gasteiger partial charge on any atom is 0.423 e. The van der Waals surface area contributed by atoms with Crippen LogP contribution in [0, 0.1) is 0 Å². The van der Waals surface area contributed by atoms with Crippen molar-refractivity contribution >= 4 is 11.6 Å². The minimum Gasteiger partial charge on any atom is -0.491 e. The fourth-order valence-corrected chi connectivity index (χ4v) is 2.99. The van der Waals surface area contributed by atoms with Crippen LogP contribution in [0.2, 0.25) is 0 Å². The summed E-state index contributed by atoms with van der Waals surface area (Å²) in [6, 6.07) is 5.26. The van der Waals surface area contributed by atoms with Gasteiger partial charge in [0.25, 0.3) is 5.56 Å². The lowest BCUT2D eigenvalue weighted by molar-refractivity contribution is -0.138. The van der Waals surface area contributed by atoms with Crippen LogP contribution in [-0.4, -0.2) is 29.3 Å². The maximum atomic E-state index is 13.3. The van der Waals surface area contributed by atoms with Crippen LogP contribution < -0.4 is 20.5 Å². The number of rotatable bonds is 5. The Bertz CT molecular complexity index is 911. The van der Waals surface area contributed by atoms with Gasteiger partial charge in [-0.3, -0.25) is 9.59 Å². The summed E-state index contributed by atoms with van der Waals surface area (Å²) in [5, 5.41) is 7.95. The summed E-state index contributed by atoms with van der Waals surface area (Å²) >= 11 is 0. The van der Waals surface area contributed by atoms with Gasteiger partial charge in [0.1, 0.15) is 17.9 Å². The molecular formula is C17H17F3N4O3. The Kier molecular flexibility index (Phi) is 5.06. The maximum absolute atomic E-state index is 13.3. The molecule has 2 N–H and O–H groups in total. The van der Waals surface area contributed by atoms with E-state index in [-0.39, 0.29) is 31.3 Å². The standard InChI is InChI=1S/C17H17F3N4O3/c1-10(25)21-5-6-27-14-4-2-3-11-8-24(9-12(11)14)13-7-22-23-16(26)15(13)17(18,19)20/h2-4,7H,5-6,8-9H2,1H3,(H,21,25)(H,23,26). The van der Waals surface area contributed by atoms with Gasteiger partial charge in [-0.15, -0.1) is 0 Å². The van der Waals surface area contributed by atoms with Crippen LogP contribution in [0.1, 0.15) is 23.6 Å². The predicted molar refractivity (Wildman–Crippen MR) is 90.4 cm³/mol. The number of hydrogen-bond donors (Lipinski definition) is 2. The van der Waals surface area contributed by atoms with Gasteiger partial charge in [-0.2, -0.15) is 18.3 Å². The van der Waals surface area contributed by atoms with Crippen molar-refractivity contribution in [1.29, 1.82) is 0 Å². The van der Waals surface area contributed by atoms with Gasteiger partial charge in [0, 0.05) is 25.6 Å². The van der Waals surface area contributed by atoms with Crippen molar-refractivity contribution in [2.45, 2.75) is 26.2 Å². The van der Waals surface area contributed by atoms with Gasteiger partial charge >= 0.3 is 6.18 Å². The average Bonchev–Trinajstić information content (AvgIpc) is 3.02. The SMILES string of the molecule is CC(=O)NCCOc1cccc2c1CN(c1cn[nH]c(=O)c1C(F)(F)F)C2. The second-order valence-corrected chi connectivity index (χ2v) is 6.04. The van der Waals surface area contributed by atoms with Crippen molar-refractivity contribution in [1.82, 2.24) is 15.5 Å². The van der Waals surface area contributed by atoms with Gasteiger partial charge in [-0.1, -0.05) is 12.1 Å². The Morgan fingerprint density at radius 1 is 1.37 bits per heavy atom. The third-order valence-electron chi connectivity index (χ3n) is 4.13. The molecule has 0 bridgehead atoms. The monoisotopic (exact) mass is 382 g/mol. The minimum atomic E-state index is -4.79. The summed E-state index contributed by atoms with van der Waals surface area (Å²) in [5.74, 6) is 0.358. The lowest BCUT2D eigenvalue weighted by Gasteiger charge is -2.21. The van der Waals surface area contributed by atoms with Gasteiger partial charge in [0.2, 0.25) is 5.91 Å². The number of halogens is 3. The smallest absolute Gasteiger partial charge is 0.423 e. The van der Waals surface area contributed by atoms with Crippen LogP contribution in [0.3, 0.4) is 0 Å². The highest BCUT2D eigenvalue weighted by atomic mass is 19.4. The minimum absolute atomic E-state index is 0.153. The molecule has 0 spiro atoms. The van der Waals surface area contributed by atoms with Crippen LogP contribution >= 0.6 is 0 Å². The molecule has 1 aromatic carbocycles. The number of aromatic nitrogens is 2. The number of nitrogens with one attached hydrogen (secondary N) is 2. The van der Waals surface area contributed by atoms with Crippen LogP contribution in [0.25, 0.3) is 0 Å². The molecule has 0 radical (unpaired) electrons. The van der Waals surface area contributed by atoms with Crippen molar-refractivity contribution in [2.75, 3.05) is 18.1 Å². The third-order valence-corrected chi connectivity index (χ3v) is 4.13. The zero-order chi connectivity index (χ0) is 19.6. The predicted octanol–water partition coefficient (Wildman–Crippen LogP) is 1.82. The van der Waals surface area contributed by atoms with Gasteiger partial charge in [0.15, 0.2) is 0 Å². The van der Waals surface area contributed by atoms with E-state index in [1.54, 1.807) is 18.2 Å². The van der Waals surface area contributed by atoms with Crippen molar-refractivity contribution < 1.29 is 22.7 Å². The third kappa shape index (κ3) is 4.04. The molecular weight excluding hydrogens is 365 g/mol. The second-order valence-electron chi connectivity index (χ2n) is 6.04. The molecule has 0 atom stereocenters. The van der Waals surface area contributed by atoms with Gasteiger partial charge < -0.3 is 15.0 Å². The van der Waals surface area contributed by atoms with E-state index in [1.807, 2.05) is 5.10 Å². The first-order valence-corrected chi connectivity index (χ1v) is 8.15. The molecule has 27 heavy (non-hydrogen) atoms. The molecule has 0 saturated carbocycles. The van der Waals surface area contributed by atoms with Crippen molar-refractivity contribution in [3.8, 4) is 5.75 Å². The number of amides is 1. The molecule has 1 aliphatic rings. The Morgan fingerprint density at radius 2 is 2.15 bits per heavy atom. The summed E-state index contributed by atoms with van der Waals surface area (Å²) in [6.07, 6.45) is -3.79. The molecule has 0 saturated heterocycles. The number of H-pyrrole nitrogens is 1. The molecule has 1 aliphatic heterocycles. The highest BCUT2D eigenvalue weighted by molar-refractivity contribution is 5.72. The Labute approximate surface area is 152 Å². The van der Waals surface area contributed by atoms with E-state index in [0.717, 1.165) is 17.3 Å². The number of hydrogen-bond acceptors (Lipinski definition) is 5. The second kappa shape index (κ2) is 7.29. The number of alkyl halides is 3. The molecule has 0 fully saturated rings. The summed E-state index contributed by atoms with van der Waals surface area (Å²) < 4.78 is 45.6. The van der Waals surface area contributed by atoms with E-state index in [9.17, 15) is 22.8 Å². The van der Waals surface area contributed by atoms with Crippen molar-refractivity contribution in [3.05, 3.63) is 51.4 Å². The number of carbonyl (C=O) groups is 1. The Hall–Kier alpha value is -3.04. The average molecular weight is 382 g/mol. The topological polar surface area (TPSA) is 87.3 Å². The molecule has 3 rings (SSSR count). The highest BCUT2D eigenvalue weighted by Gasteiger charge is 2.39. The van der Waals surface area contributed by atoms with E-state index < -0.39 is 17.3 Å². The van der Waals surface area contributed by atoms with Crippen LogP contribution in [0.4, 0.5) is 18.9 Å². The van der Waals surface area contributed by atoms with E-state index in [4.69, 9.17) is 4.74 Å². The van der Waals surface area contributed by atoms with Crippen LogP contribution in [0.5, 0.6) is 5.75 Å². The number of anilines is 1.